The summed E-state index contributed by atoms with van der Waals surface area (Å²) in [5, 5.41) is 18.3. The Morgan fingerprint density at radius 3 is 2.72 bits per heavy atom. The highest BCUT2D eigenvalue weighted by atomic mass is 19.1. The number of unbranched alkanes of at least 4 members (excludes halogenated alkanes) is 2. The van der Waals surface area contributed by atoms with Gasteiger partial charge in [0.25, 0.3) is 5.69 Å². The molecule has 0 radical (unpaired) electrons. The van der Waals surface area contributed by atoms with E-state index in [0.29, 0.717) is 6.42 Å². The van der Waals surface area contributed by atoms with Crippen molar-refractivity contribution in [3.8, 4) is 0 Å². The van der Waals surface area contributed by atoms with Crippen molar-refractivity contribution < 1.29 is 9.31 Å². The molecule has 0 saturated heterocycles. The molecule has 0 spiro atoms. The van der Waals surface area contributed by atoms with Gasteiger partial charge in [-0.3, -0.25) is 10.1 Å². The quantitative estimate of drug-likeness (QED) is 0.268. The molecule has 0 saturated carbocycles. The zero-order valence-corrected chi connectivity index (χ0v) is 10.2. The van der Waals surface area contributed by atoms with Crippen LogP contribution in [0.2, 0.25) is 0 Å². The number of nitrogens with zero attached hydrogens (tertiary/aromatic N) is 1. The van der Waals surface area contributed by atoms with Crippen LogP contribution in [0.3, 0.4) is 0 Å². The lowest BCUT2D eigenvalue weighted by Gasteiger charge is -2.07. The van der Waals surface area contributed by atoms with Gasteiger partial charge < -0.3 is 11.1 Å². The maximum Gasteiger partial charge on any atom is 0.295 e. The highest BCUT2D eigenvalue weighted by molar-refractivity contribution is 5.99. The number of rotatable bonds is 6. The number of hydrogen-bond acceptors (Lipinski definition) is 4. The van der Waals surface area contributed by atoms with Crippen LogP contribution in [0.4, 0.5) is 15.8 Å². The van der Waals surface area contributed by atoms with Crippen LogP contribution in [0.15, 0.2) is 12.1 Å². The molecule has 0 bridgehead atoms. The summed E-state index contributed by atoms with van der Waals surface area (Å²) in [7, 11) is 0. The SMILES string of the molecule is CCCCCC(=N)c1cc(N)c([N+](=O)[O-])cc1F. The van der Waals surface area contributed by atoms with Gasteiger partial charge in [-0.25, -0.2) is 4.39 Å². The predicted octanol–water partition coefficient (Wildman–Crippen LogP) is 3.26. The third kappa shape index (κ3) is 3.26. The lowest BCUT2D eigenvalue weighted by atomic mass is 10.0. The summed E-state index contributed by atoms with van der Waals surface area (Å²) >= 11 is 0. The Kier molecular flexibility index (Phi) is 4.76. The van der Waals surface area contributed by atoms with Gasteiger partial charge in [0, 0.05) is 11.3 Å². The van der Waals surface area contributed by atoms with Crippen LogP contribution in [0, 0.1) is 21.3 Å². The van der Waals surface area contributed by atoms with Gasteiger partial charge in [-0.1, -0.05) is 19.8 Å². The fourth-order valence-corrected chi connectivity index (χ4v) is 1.66. The van der Waals surface area contributed by atoms with Crippen LogP contribution in [0.25, 0.3) is 0 Å². The Morgan fingerprint density at radius 1 is 1.50 bits per heavy atom. The maximum absolute atomic E-state index is 13.6. The number of nitrogen functional groups attached to an aromatic ring is 1. The number of nitro benzene ring substituents is 1. The maximum atomic E-state index is 13.6. The van der Waals surface area contributed by atoms with Crippen LogP contribution in [0.5, 0.6) is 0 Å². The number of hydrogen-bond donors (Lipinski definition) is 2. The second-order valence-electron chi connectivity index (χ2n) is 4.08. The summed E-state index contributed by atoms with van der Waals surface area (Å²) in [6.07, 6.45) is 3.22. The Morgan fingerprint density at radius 2 is 2.17 bits per heavy atom. The molecule has 0 aliphatic rings. The monoisotopic (exact) mass is 253 g/mol. The lowest BCUT2D eigenvalue weighted by molar-refractivity contribution is -0.384. The standard InChI is InChI=1S/C12H16FN3O2/c1-2-3-4-5-10(14)8-6-11(15)12(16(17)18)7-9(8)13/h6-7,14H,2-5,15H2,1H3. The van der Waals surface area contributed by atoms with Crippen molar-refractivity contribution in [3.63, 3.8) is 0 Å². The Hall–Kier alpha value is -1.98. The molecule has 0 aliphatic heterocycles. The molecule has 0 fully saturated rings. The molecule has 0 atom stereocenters. The zero-order chi connectivity index (χ0) is 13.7. The van der Waals surface area contributed by atoms with Crippen LogP contribution < -0.4 is 5.73 Å². The minimum atomic E-state index is -0.766. The largest absolute Gasteiger partial charge is 0.393 e. The fourth-order valence-electron chi connectivity index (χ4n) is 1.66. The van der Waals surface area contributed by atoms with E-state index in [1.54, 1.807) is 0 Å². The van der Waals surface area contributed by atoms with E-state index in [1.165, 1.54) is 6.07 Å². The first-order chi connectivity index (χ1) is 8.47. The molecule has 98 valence electrons. The van der Waals surface area contributed by atoms with Gasteiger partial charge in [0.1, 0.15) is 11.5 Å². The number of nitrogens with one attached hydrogen (secondary N) is 1. The van der Waals surface area contributed by atoms with E-state index in [1.807, 2.05) is 6.92 Å². The van der Waals surface area contributed by atoms with E-state index in [4.69, 9.17) is 11.1 Å². The summed E-state index contributed by atoms with van der Waals surface area (Å²) in [5.41, 5.74) is 5.08. The predicted molar refractivity (Wildman–Crippen MR) is 68.4 cm³/mol. The van der Waals surface area contributed by atoms with Gasteiger partial charge in [-0.05, 0) is 18.9 Å². The van der Waals surface area contributed by atoms with Crippen molar-refractivity contribution in [2.45, 2.75) is 32.6 Å². The normalized spacial score (nSPS) is 10.3. The van der Waals surface area contributed by atoms with E-state index < -0.39 is 16.4 Å². The summed E-state index contributed by atoms with van der Waals surface area (Å²) in [6, 6.07) is 1.95. The minimum absolute atomic E-state index is 0.0502. The molecule has 0 aliphatic carbocycles. The smallest absolute Gasteiger partial charge is 0.295 e. The van der Waals surface area contributed by atoms with Crippen LogP contribution in [0.1, 0.15) is 38.2 Å². The highest BCUT2D eigenvalue weighted by Crippen LogP contribution is 2.26. The Labute approximate surface area is 104 Å². The molecule has 0 unspecified atom stereocenters. The van der Waals surface area contributed by atoms with Gasteiger partial charge in [-0.2, -0.15) is 0 Å². The minimum Gasteiger partial charge on any atom is -0.393 e. The molecule has 1 aromatic carbocycles. The summed E-state index contributed by atoms with van der Waals surface area (Å²) in [4.78, 5) is 9.84. The van der Waals surface area contributed by atoms with Crippen molar-refractivity contribution in [1.29, 1.82) is 5.41 Å². The topological polar surface area (TPSA) is 93.0 Å². The number of nitro groups is 1. The average molecular weight is 253 g/mol. The molecule has 1 rings (SSSR count). The molecule has 3 N–H and O–H groups in total. The first-order valence-electron chi connectivity index (χ1n) is 5.78. The van der Waals surface area contributed by atoms with Gasteiger partial charge in [0.05, 0.1) is 11.0 Å². The van der Waals surface area contributed by atoms with Gasteiger partial charge in [0.2, 0.25) is 0 Å². The molecule has 0 aromatic heterocycles. The van der Waals surface area contributed by atoms with E-state index in [0.717, 1.165) is 25.3 Å². The average Bonchev–Trinajstić information content (AvgIpc) is 2.31. The van der Waals surface area contributed by atoms with Crippen molar-refractivity contribution in [3.05, 3.63) is 33.6 Å². The molecule has 5 nitrogen and oxygen atoms in total. The van der Waals surface area contributed by atoms with Crippen molar-refractivity contribution in [1.82, 2.24) is 0 Å². The van der Waals surface area contributed by atoms with Crippen molar-refractivity contribution in [2.24, 2.45) is 0 Å². The fraction of sp³-hybridized carbons (Fsp3) is 0.417. The molecule has 1 aromatic rings. The molecule has 0 heterocycles. The van der Waals surface area contributed by atoms with Crippen molar-refractivity contribution >= 4 is 17.1 Å². The molecule has 18 heavy (non-hydrogen) atoms. The van der Waals surface area contributed by atoms with E-state index >= 15 is 0 Å². The van der Waals surface area contributed by atoms with E-state index in [2.05, 4.69) is 0 Å². The van der Waals surface area contributed by atoms with Gasteiger partial charge in [0.15, 0.2) is 0 Å². The summed E-state index contributed by atoms with van der Waals surface area (Å²) < 4.78 is 13.6. The number of halogens is 1. The van der Waals surface area contributed by atoms with Crippen molar-refractivity contribution in [2.75, 3.05) is 5.73 Å². The van der Waals surface area contributed by atoms with Crippen LogP contribution in [-0.4, -0.2) is 10.6 Å². The summed E-state index contributed by atoms with van der Waals surface area (Å²) in [6.45, 7) is 2.04. The molecular weight excluding hydrogens is 237 g/mol. The Bertz CT molecular complexity index is 475. The highest BCUT2D eigenvalue weighted by Gasteiger charge is 2.18. The van der Waals surface area contributed by atoms with Gasteiger partial charge in [-0.15, -0.1) is 0 Å². The lowest BCUT2D eigenvalue weighted by Crippen LogP contribution is -2.06. The molecule has 6 heteroatoms. The second-order valence-corrected chi connectivity index (χ2v) is 4.08. The number of benzene rings is 1. The van der Waals surface area contributed by atoms with Gasteiger partial charge >= 0.3 is 0 Å². The number of anilines is 1. The van der Waals surface area contributed by atoms with Crippen LogP contribution >= 0.6 is 0 Å². The molecular formula is C12H16FN3O2. The third-order valence-electron chi connectivity index (χ3n) is 2.67. The summed E-state index contributed by atoms with van der Waals surface area (Å²) in [5.74, 6) is -0.766. The third-order valence-corrected chi connectivity index (χ3v) is 2.67. The zero-order valence-electron chi connectivity index (χ0n) is 10.2. The Balaban J connectivity index is 2.93. The van der Waals surface area contributed by atoms with Crippen LogP contribution in [-0.2, 0) is 0 Å². The number of nitrogens with two attached hydrogens (primary N) is 1. The first-order valence-corrected chi connectivity index (χ1v) is 5.78. The second kappa shape index (κ2) is 6.09. The van der Waals surface area contributed by atoms with E-state index in [-0.39, 0.29) is 17.0 Å². The molecule has 0 amide bonds. The van der Waals surface area contributed by atoms with E-state index in [9.17, 15) is 14.5 Å². The first kappa shape index (κ1) is 14.1.